The van der Waals surface area contributed by atoms with Crippen LogP contribution in [0.1, 0.15) is 26.7 Å². The molecular formula is C12H19NOS. The van der Waals surface area contributed by atoms with Crippen molar-refractivity contribution in [3.05, 3.63) is 35.4 Å². The molecule has 3 heteroatoms. The fourth-order valence-corrected chi connectivity index (χ4v) is 1.09. The van der Waals surface area contributed by atoms with Crippen molar-refractivity contribution in [2.75, 3.05) is 6.26 Å². The Kier molecular flexibility index (Phi) is 7.82. The van der Waals surface area contributed by atoms with Crippen molar-refractivity contribution in [3.8, 4) is 0 Å². The van der Waals surface area contributed by atoms with Crippen molar-refractivity contribution in [1.82, 2.24) is 5.32 Å². The van der Waals surface area contributed by atoms with E-state index in [1.807, 2.05) is 32.3 Å². The highest BCUT2D eigenvalue weighted by Crippen LogP contribution is 2.09. The van der Waals surface area contributed by atoms with Crippen LogP contribution in [-0.2, 0) is 4.79 Å². The molecule has 0 fully saturated rings. The number of rotatable bonds is 6. The molecule has 84 valence electrons. The van der Waals surface area contributed by atoms with Gasteiger partial charge in [0, 0.05) is 12.1 Å². The molecule has 0 aromatic rings. The lowest BCUT2D eigenvalue weighted by molar-refractivity contribution is -0.120. The van der Waals surface area contributed by atoms with E-state index in [0.29, 0.717) is 12.1 Å². The lowest BCUT2D eigenvalue weighted by Gasteiger charge is -2.02. The van der Waals surface area contributed by atoms with Gasteiger partial charge in [-0.1, -0.05) is 25.7 Å². The maximum atomic E-state index is 11.2. The van der Waals surface area contributed by atoms with Gasteiger partial charge in [0.15, 0.2) is 0 Å². The SMILES string of the molecule is C=C(/C=C\C=C(/C)SC)NC(=O)CCC. The number of carbonyl (C=O) groups excluding carboxylic acids is 1. The van der Waals surface area contributed by atoms with Gasteiger partial charge < -0.3 is 5.32 Å². The van der Waals surface area contributed by atoms with E-state index in [-0.39, 0.29) is 5.91 Å². The molecule has 0 aliphatic heterocycles. The molecule has 0 rings (SSSR count). The monoisotopic (exact) mass is 225 g/mol. The summed E-state index contributed by atoms with van der Waals surface area (Å²) in [4.78, 5) is 12.4. The highest BCUT2D eigenvalue weighted by atomic mass is 32.2. The van der Waals surface area contributed by atoms with Crippen molar-refractivity contribution in [1.29, 1.82) is 0 Å². The Morgan fingerprint density at radius 3 is 2.73 bits per heavy atom. The summed E-state index contributed by atoms with van der Waals surface area (Å²) >= 11 is 1.69. The van der Waals surface area contributed by atoms with Gasteiger partial charge in [0.1, 0.15) is 0 Å². The van der Waals surface area contributed by atoms with Gasteiger partial charge in [-0.3, -0.25) is 4.79 Å². The number of carbonyl (C=O) groups is 1. The first-order valence-electron chi connectivity index (χ1n) is 4.97. The van der Waals surface area contributed by atoms with Crippen LogP contribution in [0.25, 0.3) is 0 Å². The Morgan fingerprint density at radius 1 is 1.53 bits per heavy atom. The van der Waals surface area contributed by atoms with Gasteiger partial charge in [-0.2, -0.15) is 0 Å². The van der Waals surface area contributed by atoms with E-state index in [1.54, 1.807) is 17.8 Å². The first-order chi connectivity index (χ1) is 7.10. The van der Waals surface area contributed by atoms with E-state index in [0.717, 1.165) is 6.42 Å². The number of hydrogen-bond acceptors (Lipinski definition) is 2. The molecule has 0 saturated heterocycles. The Hall–Kier alpha value is -0.960. The molecular weight excluding hydrogens is 206 g/mol. The molecule has 0 radical (unpaired) electrons. The van der Waals surface area contributed by atoms with Crippen LogP contribution < -0.4 is 5.32 Å². The molecule has 1 N–H and O–H groups in total. The third-order valence-electron chi connectivity index (χ3n) is 1.73. The summed E-state index contributed by atoms with van der Waals surface area (Å²) in [6.45, 7) is 7.75. The van der Waals surface area contributed by atoms with Crippen molar-refractivity contribution >= 4 is 17.7 Å². The molecule has 0 aliphatic carbocycles. The summed E-state index contributed by atoms with van der Waals surface area (Å²) in [6.07, 6.45) is 9.11. The average Bonchev–Trinajstić information content (AvgIpc) is 2.17. The largest absolute Gasteiger partial charge is 0.327 e. The zero-order valence-electron chi connectivity index (χ0n) is 9.67. The maximum absolute atomic E-state index is 11.2. The highest BCUT2D eigenvalue weighted by molar-refractivity contribution is 8.02. The molecule has 0 saturated carbocycles. The van der Waals surface area contributed by atoms with Gasteiger partial charge in [-0.25, -0.2) is 0 Å². The van der Waals surface area contributed by atoms with Crippen LogP contribution in [-0.4, -0.2) is 12.2 Å². The maximum Gasteiger partial charge on any atom is 0.224 e. The number of hydrogen-bond donors (Lipinski definition) is 1. The molecule has 0 aromatic heterocycles. The molecule has 0 bridgehead atoms. The first-order valence-corrected chi connectivity index (χ1v) is 6.20. The summed E-state index contributed by atoms with van der Waals surface area (Å²) in [5.41, 5.74) is 0.638. The quantitative estimate of drug-likeness (QED) is 0.703. The number of allylic oxidation sites excluding steroid dienone is 4. The summed E-state index contributed by atoms with van der Waals surface area (Å²) in [6, 6.07) is 0. The van der Waals surface area contributed by atoms with E-state index in [9.17, 15) is 4.79 Å². The molecule has 0 spiro atoms. The van der Waals surface area contributed by atoms with Gasteiger partial charge in [-0.05, 0) is 30.6 Å². The summed E-state index contributed by atoms with van der Waals surface area (Å²) in [7, 11) is 0. The Labute approximate surface area is 96.5 Å². The van der Waals surface area contributed by atoms with E-state index >= 15 is 0 Å². The fraction of sp³-hybridized carbons (Fsp3) is 0.417. The van der Waals surface area contributed by atoms with Crippen LogP contribution in [0.3, 0.4) is 0 Å². The molecule has 0 heterocycles. The van der Waals surface area contributed by atoms with E-state index in [4.69, 9.17) is 0 Å². The molecule has 2 nitrogen and oxygen atoms in total. The minimum absolute atomic E-state index is 0.0257. The van der Waals surface area contributed by atoms with Crippen LogP contribution >= 0.6 is 11.8 Å². The summed E-state index contributed by atoms with van der Waals surface area (Å²) in [5, 5.41) is 2.72. The molecule has 0 atom stereocenters. The molecule has 15 heavy (non-hydrogen) atoms. The van der Waals surface area contributed by atoms with Gasteiger partial charge in [-0.15, -0.1) is 11.8 Å². The predicted molar refractivity (Wildman–Crippen MR) is 68.6 cm³/mol. The van der Waals surface area contributed by atoms with Gasteiger partial charge in [0.05, 0.1) is 0 Å². The van der Waals surface area contributed by atoms with Gasteiger partial charge >= 0.3 is 0 Å². The van der Waals surface area contributed by atoms with Crippen LogP contribution in [0.5, 0.6) is 0 Å². The Morgan fingerprint density at radius 2 is 2.20 bits per heavy atom. The zero-order valence-corrected chi connectivity index (χ0v) is 10.5. The highest BCUT2D eigenvalue weighted by Gasteiger charge is 1.97. The Balaban J connectivity index is 3.98. The second kappa shape index (κ2) is 8.36. The minimum atomic E-state index is 0.0257. The van der Waals surface area contributed by atoms with Crippen molar-refractivity contribution in [2.24, 2.45) is 0 Å². The predicted octanol–water partition coefficient (Wildman–Crippen LogP) is 3.24. The third-order valence-corrected chi connectivity index (χ3v) is 2.51. The van der Waals surface area contributed by atoms with Crippen LogP contribution in [0.4, 0.5) is 0 Å². The number of amides is 1. The van der Waals surface area contributed by atoms with E-state index in [2.05, 4.69) is 11.9 Å². The zero-order chi connectivity index (χ0) is 11.7. The summed E-state index contributed by atoms with van der Waals surface area (Å²) in [5.74, 6) is 0.0257. The average molecular weight is 225 g/mol. The van der Waals surface area contributed by atoms with Crippen LogP contribution in [0.2, 0.25) is 0 Å². The first kappa shape index (κ1) is 14.0. The van der Waals surface area contributed by atoms with Crippen LogP contribution in [0, 0.1) is 0 Å². The smallest absolute Gasteiger partial charge is 0.224 e. The molecule has 0 unspecified atom stereocenters. The lowest BCUT2D eigenvalue weighted by Crippen LogP contribution is -2.20. The third kappa shape index (κ3) is 8.06. The van der Waals surface area contributed by atoms with Crippen molar-refractivity contribution < 1.29 is 4.79 Å². The fourth-order valence-electron chi connectivity index (χ4n) is 0.878. The van der Waals surface area contributed by atoms with Crippen molar-refractivity contribution in [2.45, 2.75) is 26.7 Å². The topological polar surface area (TPSA) is 29.1 Å². The normalized spacial score (nSPS) is 11.8. The van der Waals surface area contributed by atoms with Crippen LogP contribution in [0.15, 0.2) is 35.4 Å². The van der Waals surface area contributed by atoms with Crippen molar-refractivity contribution in [3.63, 3.8) is 0 Å². The minimum Gasteiger partial charge on any atom is -0.327 e. The van der Waals surface area contributed by atoms with E-state index < -0.39 is 0 Å². The second-order valence-corrected chi connectivity index (χ2v) is 4.22. The number of nitrogens with one attached hydrogen (secondary N) is 1. The Bertz CT molecular complexity index is 279. The second-order valence-electron chi connectivity index (χ2n) is 3.16. The summed E-state index contributed by atoms with van der Waals surface area (Å²) < 4.78 is 0. The molecule has 0 aromatic carbocycles. The lowest BCUT2D eigenvalue weighted by atomic mass is 10.3. The molecule has 1 amide bonds. The van der Waals surface area contributed by atoms with Gasteiger partial charge in [0.25, 0.3) is 0 Å². The standard InChI is InChI=1S/C12H19NOS/c1-5-7-12(14)13-10(2)8-6-9-11(3)15-4/h6,8-9H,2,5,7H2,1,3-4H3,(H,13,14)/b8-6-,11-9+. The number of thioether (sulfide) groups is 1. The molecule has 0 aliphatic rings. The van der Waals surface area contributed by atoms with Gasteiger partial charge in [0.2, 0.25) is 5.91 Å². The van der Waals surface area contributed by atoms with E-state index in [1.165, 1.54) is 4.91 Å².